The largest absolute Gasteiger partial charge is 0.376 e. The van der Waals surface area contributed by atoms with E-state index in [0.29, 0.717) is 17.8 Å². The zero-order valence-electron chi connectivity index (χ0n) is 12.1. The quantitative estimate of drug-likeness (QED) is 0.874. The maximum Gasteiger partial charge on any atom is 0.272 e. The van der Waals surface area contributed by atoms with Gasteiger partial charge in [-0.25, -0.2) is 0 Å². The average molecular weight is 278 g/mol. The van der Waals surface area contributed by atoms with Crippen LogP contribution in [0.1, 0.15) is 30.8 Å². The average Bonchev–Trinajstić information content (AvgIpc) is 3.03. The Balaban J connectivity index is 1.57. The van der Waals surface area contributed by atoms with Gasteiger partial charge in [0.2, 0.25) is 0 Å². The summed E-state index contributed by atoms with van der Waals surface area (Å²) in [5, 5.41) is 7.33. The summed E-state index contributed by atoms with van der Waals surface area (Å²) in [7, 11) is 0. The summed E-state index contributed by atoms with van der Waals surface area (Å²) in [6.07, 6.45) is 3.09. The maximum atomic E-state index is 12.2. The maximum absolute atomic E-state index is 12.2. The Kier molecular flexibility index (Phi) is 3.76. The number of hydrogen-bond acceptors (Lipinski definition) is 4. The van der Waals surface area contributed by atoms with E-state index in [4.69, 9.17) is 4.74 Å². The Labute approximate surface area is 119 Å². The third-order valence-corrected chi connectivity index (χ3v) is 4.13. The lowest BCUT2D eigenvalue weighted by Crippen LogP contribution is -2.45. The first-order chi connectivity index (χ1) is 9.65. The first-order valence-electron chi connectivity index (χ1n) is 7.35. The van der Waals surface area contributed by atoms with Gasteiger partial charge in [-0.15, -0.1) is 0 Å². The number of aryl methyl sites for hydroxylation is 1. The van der Waals surface area contributed by atoms with Gasteiger partial charge in [0, 0.05) is 37.9 Å². The van der Waals surface area contributed by atoms with Crippen LogP contribution in [-0.4, -0.2) is 58.5 Å². The van der Waals surface area contributed by atoms with Gasteiger partial charge >= 0.3 is 0 Å². The van der Waals surface area contributed by atoms with E-state index < -0.39 is 0 Å². The topological polar surface area (TPSA) is 59.4 Å². The molecule has 0 radical (unpaired) electrons. The van der Waals surface area contributed by atoms with Crippen molar-refractivity contribution in [3.63, 3.8) is 0 Å². The molecule has 20 heavy (non-hydrogen) atoms. The van der Waals surface area contributed by atoms with Crippen LogP contribution in [0.2, 0.25) is 0 Å². The third-order valence-electron chi connectivity index (χ3n) is 4.13. The Bertz CT molecular complexity index is 487. The second-order valence-corrected chi connectivity index (χ2v) is 5.71. The van der Waals surface area contributed by atoms with Crippen LogP contribution in [0.15, 0.2) is 12.3 Å². The van der Waals surface area contributed by atoms with Crippen molar-refractivity contribution >= 4 is 5.91 Å². The molecular formula is C14H22N4O2. The van der Waals surface area contributed by atoms with E-state index in [1.807, 2.05) is 13.1 Å². The highest BCUT2D eigenvalue weighted by Gasteiger charge is 2.36. The van der Waals surface area contributed by atoms with Crippen LogP contribution < -0.4 is 5.32 Å². The normalized spacial score (nSPS) is 30.2. The van der Waals surface area contributed by atoms with Gasteiger partial charge in [0.05, 0.1) is 12.7 Å². The SMILES string of the molecule is CCn1ccc(C(=O)N[C@@H]2C[C@H]3CO[C@H](C)CN3C2)n1. The number of morpholine rings is 1. The van der Waals surface area contributed by atoms with Gasteiger partial charge in [0.1, 0.15) is 5.69 Å². The van der Waals surface area contributed by atoms with E-state index in [1.165, 1.54) is 0 Å². The number of carbonyl (C=O) groups excluding carboxylic acids is 1. The number of nitrogens with zero attached hydrogens (tertiary/aromatic N) is 3. The minimum atomic E-state index is -0.0731. The first-order valence-corrected chi connectivity index (χ1v) is 7.35. The monoisotopic (exact) mass is 278 g/mol. The molecule has 2 aliphatic heterocycles. The molecule has 0 spiro atoms. The Morgan fingerprint density at radius 1 is 1.55 bits per heavy atom. The number of fused-ring (bicyclic) bond motifs is 1. The number of rotatable bonds is 3. The van der Waals surface area contributed by atoms with Gasteiger partial charge in [-0.1, -0.05) is 0 Å². The zero-order valence-corrected chi connectivity index (χ0v) is 12.1. The molecule has 2 aliphatic rings. The lowest BCUT2D eigenvalue weighted by Gasteiger charge is -2.33. The molecular weight excluding hydrogens is 256 g/mol. The molecule has 6 nitrogen and oxygen atoms in total. The number of ether oxygens (including phenoxy) is 1. The molecule has 0 bridgehead atoms. The smallest absolute Gasteiger partial charge is 0.272 e. The standard InChI is InChI=1S/C14H22N4O2/c1-3-18-5-4-13(16-18)14(19)15-11-6-12-9-20-10(2)7-17(12)8-11/h4-5,10-12H,3,6-9H2,1-2H3,(H,15,19)/t10-,11-,12+/m1/s1. The van der Waals surface area contributed by atoms with Gasteiger partial charge in [0.15, 0.2) is 0 Å². The summed E-state index contributed by atoms with van der Waals surface area (Å²) in [4.78, 5) is 14.6. The molecule has 110 valence electrons. The fraction of sp³-hybridized carbons (Fsp3) is 0.714. The third kappa shape index (κ3) is 2.71. The molecule has 2 saturated heterocycles. The molecule has 0 unspecified atom stereocenters. The second kappa shape index (κ2) is 5.54. The molecule has 3 rings (SSSR count). The van der Waals surface area contributed by atoms with Crippen molar-refractivity contribution in [3.05, 3.63) is 18.0 Å². The fourth-order valence-corrected chi connectivity index (χ4v) is 3.06. The van der Waals surface area contributed by atoms with Gasteiger partial charge in [-0.3, -0.25) is 14.4 Å². The summed E-state index contributed by atoms with van der Waals surface area (Å²) in [6.45, 7) is 7.53. The van der Waals surface area contributed by atoms with E-state index in [9.17, 15) is 4.79 Å². The van der Waals surface area contributed by atoms with E-state index >= 15 is 0 Å². The second-order valence-electron chi connectivity index (χ2n) is 5.71. The van der Waals surface area contributed by atoms with E-state index in [-0.39, 0.29) is 11.9 Å². The highest BCUT2D eigenvalue weighted by atomic mass is 16.5. The Morgan fingerprint density at radius 2 is 2.40 bits per heavy atom. The Hall–Kier alpha value is -1.40. The summed E-state index contributed by atoms with van der Waals surface area (Å²) < 4.78 is 7.44. The van der Waals surface area contributed by atoms with Gasteiger partial charge in [-0.2, -0.15) is 5.10 Å². The fourth-order valence-electron chi connectivity index (χ4n) is 3.06. The molecule has 0 aliphatic carbocycles. The van der Waals surface area contributed by atoms with Gasteiger partial charge in [0.25, 0.3) is 5.91 Å². The molecule has 3 atom stereocenters. The molecule has 1 amide bonds. The summed E-state index contributed by atoms with van der Waals surface area (Å²) in [6, 6.07) is 2.42. The van der Waals surface area contributed by atoms with Crippen molar-refractivity contribution in [1.82, 2.24) is 20.0 Å². The van der Waals surface area contributed by atoms with Gasteiger partial charge in [-0.05, 0) is 26.3 Å². The van der Waals surface area contributed by atoms with Crippen molar-refractivity contribution in [3.8, 4) is 0 Å². The number of amides is 1. The molecule has 0 saturated carbocycles. The van der Waals surface area contributed by atoms with Crippen LogP contribution >= 0.6 is 0 Å². The molecule has 1 N–H and O–H groups in total. The molecule has 2 fully saturated rings. The number of hydrogen-bond donors (Lipinski definition) is 1. The van der Waals surface area contributed by atoms with Crippen molar-refractivity contribution in [2.45, 2.75) is 45.0 Å². The molecule has 1 aromatic heterocycles. The molecule has 1 aromatic rings. The predicted octanol–water partition coefficient (Wildman–Crippen LogP) is 0.494. The van der Waals surface area contributed by atoms with Crippen molar-refractivity contribution in [1.29, 1.82) is 0 Å². The molecule has 3 heterocycles. The van der Waals surface area contributed by atoms with Crippen LogP contribution in [0, 0.1) is 0 Å². The lowest BCUT2D eigenvalue weighted by molar-refractivity contribution is -0.0390. The van der Waals surface area contributed by atoms with Crippen LogP contribution in [0.3, 0.4) is 0 Å². The van der Waals surface area contributed by atoms with Crippen LogP contribution in [0.25, 0.3) is 0 Å². The highest BCUT2D eigenvalue weighted by molar-refractivity contribution is 5.92. The number of aromatic nitrogens is 2. The van der Waals surface area contributed by atoms with E-state index in [2.05, 4.69) is 22.2 Å². The number of carbonyl (C=O) groups is 1. The van der Waals surface area contributed by atoms with Crippen molar-refractivity contribution < 1.29 is 9.53 Å². The van der Waals surface area contributed by atoms with Gasteiger partial charge < -0.3 is 10.1 Å². The molecule has 6 heteroatoms. The lowest BCUT2D eigenvalue weighted by atomic mass is 10.1. The van der Waals surface area contributed by atoms with Crippen LogP contribution in [0.4, 0.5) is 0 Å². The number of nitrogens with one attached hydrogen (secondary N) is 1. The van der Waals surface area contributed by atoms with E-state index in [0.717, 1.165) is 32.7 Å². The minimum absolute atomic E-state index is 0.0731. The minimum Gasteiger partial charge on any atom is -0.376 e. The molecule has 0 aromatic carbocycles. The summed E-state index contributed by atoms with van der Waals surface area (Å²) in [5.41, 5.74) is 0.501. The predicted molar refractivity (Wildman–Crippen MR) is 74.5 cm³/mol. The van der Waals surface area contributed by atoms with Crippen LogP contribution in [-0.2, 0) is 11.3 Å². The summed E-state index contributed by atoms with van der Waals surface area (Å²) in [5.74, 6) is -0.0731. The van der Waals surface area contributed by atoms with Crippen molar-refractivity contribution in [2.75, 3.05) is 19.7 Å². The van der Waals surface area contributed by atoms with Crippen molar-refractivity contribution in [2.24, 2.45) is 0 Å². The van der Waals surface area contributed by atoms with E-state index in [1.54, 1.807) is 10.7 Å². The Morgan fingerprint density at radius 3 is 3.15 bits per heavy atom. The zero-order chi connectivity index (χ0) is 14.1. The first kappa shape index (κ1) is 13.6. The summed E-state index contributed by atoms with van der Waals surface area (Å²) >= 11 is 0. The highest BCUT2D eigenvalue weighted by Crippen LogP contribution is 2.23. The van der Waals surface area contributed by atoms with Crippen LogP contribution in [0.5, 0.6) is 0 Å².